The molecule has 0 saturated carbocycles. The van der Waals surface area contributed by atoms with Crippen LogP contribution in [0.2, 0.25) is 0 Å². The average molecular weight is 67.9 g/mol. The summed E-state index contributed by atoms with van der Waals surface area (Å²) < 4.78 is 4.53. The van der Waals surface area contributed by atoms with Crippen molar-refractivity contribution in [1.29, 1.82) is 0 Å². The van der Waals surface area contributed by atoms with Gasteiger partial charge in [-0.05, 0) is 0 Å². The molecular formula is C2H3BNO. The number of hydrogen-bond acceptors (Lipinski definition) is 2. The average Bonchev–Trinajstić information content (AvgIpc) is 1.76. The van der Waals surface area contributed by atoms with E-state index in [1.165, 1.54) is 7.62 Å². The molecule has 1 heterocycles. The van der Waals surface area contributed by atoms with Crippen LogP contribution >= 0.6 is 0 Å². The van der Waals surface area contributed by atoms with E-state index in [0.717, 1.165) is 0 Å². The lowest BCUT2D eigenvalue weighted by atomic mass is 10.3. The minimum atomic E-state index is 1.50. The summed E-state index contributed by atoms with van der Waals surface area (Å²) in [6.07, 6.45) is 3.28. The fourth-order valence-corrected chi connectivity index (χ4v) is 0.196. The van der Waals surface area contributed by atoms with Gasteiger partial charge in [0, 0.05) is 6.20 Å². The van der Waals surface area contributed by atoms with E-state index in [1.54, 1.807) is 12.5 Å². The van der Waals surface area contributed by atoms with Gasteiger partial charge >= 0.3 is 7.62 Å². The van der Waals surface area contributed by atoms with Crippen LogP contribution in [0.5, 0.6) is 0 Å². The van der Waals surface area contributed by atoms with Gasteiger partial charge in [-0.1, -0.05) is 0 Å². The van der Waals surface area contributed by atoms with E-state index in [1.807, 2.05) is 0 Å². The van der Waals surface area contributed by atoms with Crippen LogP contribution in [0.4, 0.5) is 0 Å². The van der Waals surface area contributed by atoms with Gasteiger partial charge in [-0.25, -0.2) is 0 Å². The first-order chi connectivity index (χ1) is 2.50. The zero-order valence-electron chi connectivity index (χ0n) is 2.64. The molecule has 25 valence electrons. The summed E-state index contributed by atoms with van der Waals surface area (Å²) in [5.74, 6) is 0. The second kappa shape index (κ2) is 1.01. The van der Waals surface area contributed by atoms with Crippen molar-refractivity contribution in [3.8, 4) is 0 Å². The van der Waals surface area contributed by atoms with Crippen LogP contribution < -0.4 is 5.23 Å². The Hall–Kier alpha value is -0.595. The lowest BCUT2D eigenvalue weighted by Crippen LogP contribution is -2.04. The summed E-state index contributed by atoms with van der Waals surface area (Å²) in [6.45, 7) is 0. The highest BCUT2D eigenvalue weighted by molar-refractivity contribution is 6.25. The van der Waals surface area contributed by atoms with Crippen molar-refractivity contribution >= 4 is 7.62 Å². The van der Waals surface area contributed by atoms with Gasteiger partial charge in [0.2, 0.25) is 0 Å². The zero-order chi connectivity index (χ0) is 3.54. The Labute approximate surface area is 31.1 Å². The van der Waals surface area contributed by atoms with Crippen molar-refractivity contribution in [2.75, 3.05) is 0 Å². The lowest BCUT2D eigenvalue weighted by Gasteiger charge is -1.76. The van der Waals surface area contributed by atoms with E-state index < -0.39 is 0 Å². The quantitative estimate of drug-likeness (QED) is 0.390. The summed E-state index contributed by atoms with van der Waals surface area (Å²) in [6, 6.07) is 0. The maximum Gasteiger partial charge on any atom is 0.517 e. The Morgan fingerprint density at radius 3 is 3.00 bits per heavy atom. The van der Waals surface area contributed by atoms with Gasteiger partial charge in [-0.3, -0.25) is 0 Å². The molecule has 1 aliphatic heterocycles. The van der Waals surface area contributed by atoms with Crippen molar-refractivity contribution < 1.29 is 4.65 Å². The molecule has 0 fully saturated rings. The predicted molar refractivity (Wildman–Crippen MR) is 19.1 cm³/mol. The van der Waals surface area contributed by atoms with Gasteiger partial charge in [0.05, 0.1) is 6.26 Å². The topological polar surface area (TPSA) is 21.3 Å². The van der Waals surface area contributed by atoms with Gasteiger partial charge in [0.25, 0.3) is 0 Å². The standard InChI is InChI=1S/C2H3BNO/c1-2-5-3-4-1/h1-2,4H. The van der Waals surface area contributed by atoms with Crippen LogP contribution in [-0.2, 0) is 4.65 Å². The van der Waals surface area contributed by atoms with Gasteiger partial charge in [0.15, 0.2) is 0 Å². The Morgan fingerprint density at radius 1 is 1.80 bits per heavy atom. The van der Waals surface area contributed by atoms with E-state index in [4.69, 9.17) is 0 Å². The molecule has 1 aliphatic rings. The van der Waals surface area contributed by atoms with Crippen molar-refractivity contribution in [2.45, 2.75) is 0 Å². The molecule has 3 heteroatoms. The summed E-state index contributed by atoms with van der Waals surface area (Å²) in [7, 11) is 1.50. The summed E-state index contributed by atoms with van der Waals surface area (Å²) in [4.78, 5) is 0. The highest BCUT2D eigenvalue weighted by Crippen LogP contribution is 1.75. The number of nitrogens with one attached hydrogen (secondary N) is 1. The minimum Gasteiger partial charge on any atom is -0.547 e. The molecule has 0 bridgehead atoms. The van der Waals surface area contributed by atoms with E-state index >= 15 is 0 Å². The molecule has 1 N–H and O–H groups in total. The molecule has 0 unspecified atom stereocenters. The zero-order valence-corrected chi connectivity index (χ0v) is 2.64. The van der Waals surface area contributed by atoms with E-state index in [9.17, 15) is 0 Å². The fourth-order valence-electron chi connectivity index (χ4n) is 0.196. The van der Waals surface area contributed by atoms with Crippen LogP contribution in [0.3, 0.4) is 0 Å². The van der Waals surface area contributed by atoms with Crippen molar-refractivity contribution in [3.63, 3.8) is 0 Å². The summed E-state index contributed by atoms with van der Waals surface area (Å²) in [5.41, 5.74) is 0. The largest absolute Gasteiger partial charge is 0.547 e. The first-order valence-corrected chi connectivity index (χ1v) is 1.38. The molecule has 0 aromatic carbocycles. The van der Waals surface area contributed by atoms with Gasteiger partial charge in [-0.2, -0.15) is 0 Å². The van der Waals surface area contributed by atoms with Crippen LogP contribution in [0, 0.1) is 0 Å². The van der Waals surface area contributed by atoms with Crippen molar-refractivity contribution in [3.05, 3.63) is 12.5 Å². The highest BCUT2D eigenvalue weighted by atomic mass is 16.4. The molecule has 1 radical (unpaired) electrons. The van der Waals surface area contributed by atoms with Crippen LogP contribution in [0.15, 0.2) is 12.5 Å². The van der Waals surface area contributed by atoms with Crippen LogP contribution in [0.1, 0.15) is 0 Å². The van der Waals surface area contributed by atoms with Gasteiger partial charge in [-0.15, -0.1) is 0 Å². The molecule has 0 aromatic rings. The third kappa shape index (κ3) is 0.346. The fraction of sp³-hybridized carbons (Fsp3) is 0. The van der Waals surface area contributed by atoms with Gasteiger partial charge in [0.1, 0.15) is 0 Å². The smallest absolute Gasteiger partial charge is 0.517 e. The number of rotatable bonds is 0. The highest BCUT2D eigenvalue weighted by Gasteiger charge is 1.88. The molecule has 0 aliphatic carbocycles. The molecule has 1 rings (SSSR count). The SMILES string of the molecule is [B]1NC=CO1. The van der Waals surface area contributed by atoms with Crippen LogP contribution in [0.25, 0.3) is 0 Å². The number of hydrogen-bond donors (Lipinski definition) is 1. The second-order valence-electron chi connectivity index (χ2n) is 0.723. The monoisotopic (exact) mass is 68.0 g/mol. The van der Waals surface area contributed by atoms with E-state index in [2.05, 4.69) is 9.88 Å². The van der Waals surface area contributed by atoms with Crippen molar-refractivity contribution in [2.24, 2.45) is 0 Å². The summed E-state index contributed by atoms with van der Waals surface area (Å²) >= 11 is 0. The van der Waals surface area contributed by atoms with Gasteiger partial charge < -0.3 is 9.88 Å². The Morgan fingerprint density at radius 2 is 2.80 bits per heavy atom. The van der Waals surface area contributed by atoms with Crippen LogP contribution in [-0.4, -0.2) is 7.62 Å². The maximum atomic E-state index is 4.53. The molecule has 5 heavy (non-hydrogen) atoms. The molecule has 0 spiro atoms. The molecular weight excluding hydrogens is 64.8 g/mol. The van der Waals surface area contributed by atoms with E-state index in [-0.39, 0.29) is 0 Å². The van der Waals surface area contributed by atoms with E-state index in [0.29, 0.717) is 0 Å². The Kier molecular flexibility index (Phi) is 0.534. The first kappa shape index (κ1) is 2.63. The molecule has 0 aromatic heterocycles. The normalized spacial score (nSPS) is 16.0. The van der Waals surface area contributed by atoms with Crippen molar-refractivity contribution in [1.82, 2.24) is 5.23 Å². The predicted octanol–water partition coefficient (Wildman–Crippen LogP) is -0.388. The molecule has 0 saturated heterocycles. The molecule has 0 atom stereocenters. The summed E-state index contributed by atoms with van der Waals surface area (Å²) in [5, 5.41) is 2.69. The molecule has 0 amide bonds. The third-order valence-corrected chi connectivity index (χ3v) is 0.379. The third-order valence-electron chi connectivity index (χ3n) is 0.379. The Bertz CT molecular complexity index is 47.6. The minimum absolute atomic E-state index is 1.50. The molecule has 2 nitrogen and oxygen atoms in total. The maximum absolute atomic E-state index is 4.53. The first-order valence-electron chi connectivity index (χ1n) is 1.38. The second-order valence-corrected chi connectivity index (χ2v) is 0.723. The lowest BCUT2D eigenvalue weighted by molar-refractivity contribution is 0.529. The Balaban J connectivity index is 2.32.